The summed E-state index contributed by atoms with van der Waals surface area (Å²) in [7, 11) is 0. The van der Waals surface area contributed by atoms with E-state index in [1.165, 1.54) is 11.8 Å². The molecular formula is C6H8F2S. The van der Waals surface area contributed by atoms with Gasteiger partial charge in [-0.2, -0.15) is 8.78 Å². The maximum absolute atomic E-state index is 11.3. The first-order chi connectivity index (χ1) is 4.13. The van der Waals surface area contributed by atoms with Crippen molar-refractivity contribution in [3.63, 3.8) is 0 Å². The monoisotopic (exact) mass is 150 g/mol. The minimum atomic E-state index is -2.49. The van der Waals surface area contributed by atoms with Gasteiger partial charge in [-0.3, -0.25) is 0 Å². The summed E-state index contributed by atoms with van der Waals surface area (Å²) in [5, 5.41) is 2.60. The lowest BCUT2D eigenvalue weighted by molar-refractivity contribution is 0.215. The molecule has 0 rings (SSSR count). The lowest BCUT2D eigenvalue weighted by Crippen LogP contribution is -1.83. The number of hydrogen-bond acceptors (Lipinski definition) is 1. The van der Waals surface area contributed by atoms with Crippen LogP contribution in [0.4, 0.5) is 8.78 Å². The average Bonchev–Trinajstić information content (AvgIpc) is 1.63. The van der Waals surface area contributed by atoms with Gasteiger partial charge < -0.3 is 0 Å². The fourth-order valence-electron chi connectivity index (χ4n) is 0.196. The maximum Gasteiger partial charge on any atom is 0.299 e. The van der Waals surface area contributed by atoms with Crippen LogP contribution in [0.2, 0.25) is 0 Å². The highest BCUT2D eigenvalue weighted by Gasteiger charge is 1.92. The molecule has 0 aliphatic rings. The summed E-state index contributed by atoms with van der Waals surface area (Å²) in [5.74, 6) is 1.76. The second-order valence-corrected chi connectivity index (χ2v) is 3.10. The summed E-state index contributed by atoms with van der Waals surface area (Å²) in [6, 6.07) is 0. The van der Waals surface area contributed by atoms with Gasteiger partial charge in [0, 0.05) is 5.25 Å². The van der Waals surface area contributed by atoms with Gasteiger partial charge in [0.25, 0.3) is 6.43 Å². The molecule has 0 atom stereocenters. The minimum Gasteiger partial charge on any atom is -0.196 e. The van der Waals surface area contributed by atoms with Gasteiger partial charge in [-0.25, -0.2) is 0 Å². The van der Waals surface area contributed by atoms with Crippen LogP contribution in [0.25, 0.3) is 0 Å². The van der Waals surface area contributed by atoms with E-state index < -0.39 is 6.43 Å². The summed E-state index contributed by atoms with van der Waals surface area (Å²) in [6.07, 6.45) is -2.49. The molecule has 0 bridgehead atoms. The van der Waals surface area contributed by atoms with Gasteiger partial charge in [0.1, 0.15) is 0 Å². The third-order valence-electron chi connectivity index (χ3n) is 0.463. The highest BCUT2D eigenvalue weighted by molar-refractivity contribution is 8.04. The number of hydrogen-bond donors (Lipinski definition) is 0. The molecule has 0 unspecified atom stereocenters. The molecule has 0 nitrogen and oxygen atoms in total. The van der Waals surface area contributed by atoms with E-state index in [0.29, 0.717) is 5.25 Å². The maximum atomic E-state index is 11.3. The van der Waals surface area contributed by atoms with Crippen LogP contribution >= 0.6 is 11.8 Å². The van der Waals surface area contributed by atoms with Gasteiger partial charge in [-0.1, -0.05) is 25.6 Å². The number of rotatable bonds is 1. The SMILES string of the molecule is CC(C)SC#CC(F)F. The van der Waals surface area contributed by atoms with Crippen LogP contribution < -0.4 is 0 Å². The van der Waals surface area contributed by atoms with Crippen molar-refractivity contribution in [1.29, 1.82) is 0 Å². The van der Waals surface area contributed by atoms with Gasteiger partial charge >= 0.3 is 0 Å². The first-order valence-corrected chi connectivity index (χ1v) is 3.45. The zero-order chi connectivity index (χ0) is 7.28. The molecule has 0 aromatic rings. The number of alkyl halides is 2. The fourth-order valence-corrected chi connectivity index (χ4v) is 0.589. The standard InChI is InChI=1S/C6H8F2S/c1-5(2)9-4-3-6(7)8/h5-6H,1-2H3. The molecule has 0 amide bonds. The quantitative estimate of drug-likeness (QED) is 0.517. The first kappa shape index (κ1) is 8.77. The smallest absolute Gasteiger partial charge is 0.196 e. The van der Waals surface area contributed by atoms with Crippen molar-refractivity contribution in [1.82, 2.24) is 0 Å². The van der Waals surface area contributed by atoms with Crippen LogP contribution in [0.1, 0.15) is 13.8 Å². The van der Waals surface area contributed by atoms with E-state index in [4.69, 9.17) is 0 Å². The third kappa shape index (κ3) is 7.77. The second-order valence-electron chi connectivity index (χ2n) is 1.71. The van der Waals surface area contributed by atoms with Crippen LogP contribution in [0, 0.1) is 11.2 Å². The molecule has 0 aromatic carbocycles. The molecule has 52 valence electrons. The molecule has 0 N–H and O–H groups in total. The van der Waals surface area contributed by atoms with Crippen molar-refractivity contribution in [3.05, 3.63) is 0 Å². The number of thioether (sulfide) groups is 1. The average molecular weight is 150 g/mol. The Kier molecular flexibility index (Phi) is 4.51. The zero-order valence-electron chi connectivity index (χ0n) is 5.32. The van der Waals surface area contributed by atoms with Gasteiger partial charge in [0.15, 0.2) is 0 Å². The van der Waals surface area contributed by atoms with E-state index in [1.54, 1.807) is 5.92 Å². The molecule has 0 saturated heterocycles. The minimum absolute atomic E-state index is 0.302. The van der Waals surface area contributed by atoms with Crippen molar-refractivity contribution in [2.45, 2.75) is 25.5 Å². The molecule has 0 heterocycles. The lowest BCUT2D eigenvalue weighted by atomic mass is 10.6. The van der Waals surface area contributed by atoms with E-state index in [2.05, 4.69) is 5.25 Å². The molecule has 0 spiro atoms. The van der Waals surface area contributed by atoms with Crippen LogP contribution in [0.5, 0.6) is 0 Å². The Bertz CT molecular complexity index is 121. The van der Waals surface area contributed by atoms with E-state index in [1.807, 2.05) is 13.8 Å². The summed E-state index contributed by atoms with van der Waals surface area (Å²) in [6.45, 7) is 3.82. The first-order valence-electron chi connectivity index (χ1n) is 2.57. The third-order valence-corrected chi connectivity index (χ3v) is 1.17. The Morgan fingerprint density at radius 2 is 1.89 bits per heavy atom. The van der Waals surface area contributed by atoms with Crippen molar-refractivity contribution in [2.75, 3.05) is 0 Å². The molecule has 3 heteroatoms. The predicted molar refractivity (Wildman–Crippen MR) is 36.5 cm³/mol. The Balaban J connectivity index is 3.38. The lowest BCUT2D eigenvalue weighted by Gasteiger charge is -1.91. The van der Waals surface area contributed by atoms with Crippen molar-refractivity contribution < 1.29 is 8.78 Å². The largest absolute Gasteiger partial charge is 0.299 e. The van der Waals surface area contributed by atoms with E-state index in [-0.39, 0.29) is 0 Å². The molecule has 0 aliphatic heterocycles. The second kappa shape index (κ2) is 4.63. The molecule has 0 fully saturated rings. The summed E-state index contributed by atoms with van der Waals surface area (Å²) < 4.78 is 22.6. The molecule has 0 saturated carbocycles. The Morgan fingerprint density at radius 3 is 2.22 bits per heavy atom. The van der Waals surface area contributed by atoms with Crippen LogP contribution in [-0.2, 0) is 0 Å². The predicted octanol–water partition coefficient (Wildman–Crippen LogP) is 2.35. The molecular weight excluding hydrogens is 142 g/mol. The normalized spacial score (nSPS) is 9.56. The molecule has 0 aromatic heterocycles. The summed E-state index contributed by atoms with van der Waals surface area (Å²) in [5.41, 5.74) is 0. The van der Waals surface area contributed by atoms with Crippen molar-refractivity contribution in [2.24, 2.45) is 0 Å². The van der Waals surface area contributed by atoms with E-state index in [9.17, 15) is 8.78 Å². The molecule has 0 radical (unpaired) electrons. The zero-order valence-corrected chi connectivity index (χ0v) is 6.14. The van der Waals surface area contributed by atoms with Crippen molar-refractivity contribution in [3.8, 4) is 11.2 Å². The Labute approximate surface area is 58.0 Å². The van der Waals surface area contributed by atoms with Gasteiger partial charge in [0.2, 0.25) is 0 Å². The topological polar surface area (TPSA) is 0 Å². The van der Waals surface area contributed by atoms with E-state index >= 15 is 0 Å². The summed E-state index contributed by atoms with van der Waals surface area (Å²) in [4.78, 5) is 0. The van der Waals surface area contributed by atoms with Crippen LogP contribution in [0.15, 0.2) is 0 Å². The number of halogens is 2. The molecule has 9 heavy (non-hydrogen) atoms. The Hall–Kier alpha value is -0.230. The van der Waals surface area contributed by atoms with Crippen molar-refractivity contribution >= 4 is 11.8 Å². The van der Waals surface area contributed by atoms with Crippen LogP contribution in [0.3, 0.4) is 0 Å². The van der Waals surface area contributed by atoms with Gasteiger partial charge in [-0.05, 0) is 11.2 Å². The van der Waals surface area contributed by atoms with E-state index in [0.717, 1.165) is 0 Å². The highest BCUT2D eigenvalue weighted by Crippen LogP contribution is 2.06. The molecule has 0 aliphatic carbocycles. The fraction of sp³-hybridized carbons (Fsp3) is 0.667. The Morgan fingerprint density at radius 1 is 1.33 bits per heavy atom. The van der Waals surface area contributed by atoms with Crippen LogP contribution in [-0.4, -0.2) is 11.7 Å². The highest BCUT2D eigenvalue weighted by atomic mass is 32.2. The summed E-state index contributed by atoms with van der Waals surface area (Å²) >= 11 is 1.22. The van der Waals surface area contributed by atoms with Gasteiger partial charge in [-0.15, -0.1) is 0 Å². The van der Waals surface area contributed by atoms with Gasteiger partial charge in [0.05, 0.1) is 0 Å².